The number of aromatic nitrogens is 1. The van der Waals surface area contributed by atoms with Crippen LogP contribution < -0.4 is 5.73 Å². The van der Waals surface area contributed by atoms with Gasteiger partial charge in [-0.1, -0.05) is 0 Å². The third kappa shape index (κ3) is 2.80. The Balaban J connectivity index is 2.50. The lowest BCUT2D eigenvalue weighted by molar-refractivity contribution is -0.137. The summed E-state index contributed by atoms with van der Waals surface area (Å²) in [4.78, 5) is 3.87. The fourth-order valence-electron chi connectivity index (χ4n) is 1.93. The fourth-order valence-corrected chi connectivity index (χ4v) is 1.93. The van der Waals surface area contributed by atoms with Crippen molar-refractivity contribution >= 4 is 0 Å². The van der Waals surface area contributed by atoms with Gasteiger partial charge in [0.15, 0.2) is 0 Å². The van der Waals surface area contributed by atoms with Crippen LogP contribution in [-0.4, -0.2) is 4.98 Å². The Kier molecular flexibility index (Phi) is 3.76. The van der Waals surface area contributed by atoms with Crippen LogP contribution in [0.5, 0.6) is 0 Å². The van der Waals surface area contributed by atoms with Gasteiger partial charge in [0.2, 0.25) is 0 Å². The highest BCUT2D eigenvalue weighted by Gasteiger charge is 2.32. The highest BCUT2D eigenvalue weighted by atomic mass is 19.4. The molecule has 2 nitrogen and oxygen atoms in total. The molecule has 0 saturated heterocycles. The number of nitrogens with zero attached hydrogens (tertiary/aromatic N) is 1. The van der Waals surface area contributed by atoms with Crippen molar-refractivity contribution in [3.05, 3.63) is 64.7 Å². The van der Waals surface area contributed by atoms with Crippen LogP contribution in [0.25, 0.3) is 0 Å². The van der Waals surface area contributed by atoms with Crippen LogP contribution in [0.3, 0.4) is 0 Å². The molecule has 106 valence electrons. The number of aryl methyl sites for hydroxylation is 1. The number of hydrogen-bond acceptors (Lipinski definition) is 2. The van der Waals surface area contributed by atoms with Gasteiger partial charge < -0.3 is 5.73 Å². The summed E-state index contributed by atoms with van der Waals surface area (Å²) in [6.07, 6.45) is -1.57. The van der Waals surface area contributed by atoms with Gasteiger partial charge in [-0.05, 0) is 42.3 Å². The number of alkyl halides is 3. The van der Waals surface area contributed by atoms with Crippen molar-refractivity contribution in [2.45, 2.75) is 19.1 Å². The highest BCUT2D eigenvalue weighted by molar-refractivity contribution is 5.37. The third-order valence-electron chi connectivity index (χ3n) is 3.07. The second kappa shape index (κ2) is 5.20. The molecule has 0 radical (unpaired) electrons. The lowest BCUT2D eigenvalue weighted by Gasteiger charge is -2.17. The maximum atomic E-state index is 13.8. The third-order valence-corrected chi connectivity index (χ3v) is 3.07. The van der Waals surface area contributed by atoms with Crippen molar-refractivity contribution in [3.63, 3.8) is 0 Å². The number of hydrogen-bond donors (Lipinski definition) is 1. The Morgan fingerprint density at radius 2 is 1.85 bits per heavy atom. The van der Waals surface area contributed by atoms with Crippen LogP contribution in [-0.2, 0) is 6.18 Å². The van der Waals surface area contributed by atoms with Gasteiger partial charge in [0.05, 0.1) is 11.6 Å². The van der Waals surface area contributed by atoms with E-state index in [0.717, 1.165) is 17.7 Å². The van der Waals surface area contributed by atoms with Gasteiger partial charge in [0.25, 0.3) is 0 Å². The monoisotopic (exact) mass is 284 g/mol. The number of benzene rings is 1. The van der Waals surface area contributed by atoms with Gasteiger partial charge in [-0.3, -0.25) is 4.98 Å². The Morgan fingerprint density at radius 3 is 2.45 bits per heavy atom. The summed E-state index contributed by atoms with van der Waals surface area (Å²) in [5.41, 5.74) is 5.99. The molecule has 0 aliphatic carbocycles. The van der Waals surface area contributed by atoms with Crippen molar-refractivity contribution in [2.75, 3.05) is 0 Å². The molecule has 2 N–H and O–H groups in total. The van der Waals surface area contributed by atoms with Gasteiger partial charge in [0.1, 0.15) is 5.82 Å². The van der Waals surface area contributed by atoms with Crippen molar-refractivity contribution in [3.8, 4) is 0 Å². The molecule has 0 aliphatic heterocycles. The zero-order valence-corrected chi connectivity index (χ0v) is 10.6. The van der Waals surface area contributed by atoms with E-state index in [1.54, 1.807) is 13.0 Å². The summed E-state index contributed by atoms with van der Waals surface area (Å²) < 4.78 is 51.8. The van der Waals surface area contributed by atoms with Crippen molar-refractivity contribution < 1.29 is 17.6 Å². The minimum absolute atomic E-state index is 0.198. The molecule has 2 aromatic rings. The largest absolute Gasteiger partial charge is 0.416 e. The van der Waals surface area contributed by atoms with E-state index in [0.29, 0.717) is 11.6 Å². The van der Waals surface area contributed by atoms with Crippen LogP contribution in [0.15, 0.2) is 36.7 Å². The summed E-state index contributed by atoms with van der Waals surface area (Å²) >= 11 is 0. The molecule has 20 heavy (non-hydrogen) atoms. The molecule has 0 amide bonds. The smallest absolute Gasteiger partial charge is 0.320 e. The predicted molar refractivity (Wildman–Crippen MR) is 66.4 cm³/mol. The number of pyridine rings is 1. The average molecular weight is 284 g/mol. The van der Waals surface area contributed by atoms with Crippen molar-refractivity contribution in [1.82, 2.24) is 4.98 Å². The summed E-state index contributed by atoms with van der Waals surface area (Å²) in [7, 11) is 0. The summed E-state index contributed by atoms with van der Waals surface area (Å²) in [6.45, 7) is 1.74. The number of nitrogens with two attached hydrogens (primary N) is 1. The molecule has 6 heteroatoms. The van der Waals surface area contributed by atoms with Gasteiger partial charge in [-0.2, -0.15) is 13.2 Å². The van der Waals surface area contributed by atoms with Crippen molar-refractivity contribution in [2.24, 2.45) is 5.73 Å². The Hall–Kier alpha value is -1.95. The molecule has 1 aromatic heterocycles. The SMILES string of the molecule is Cc1ccncc1C(N)c1cc(C(F)(F)F)ccc1F. The zero-order chi connectivity index (χ0) is 14.9. The number of halogens is 4. The molecule has 1 unspecified atom stereocenters. The van der Waals surface area contributed by atoms with Crippen LogP contribution in [0.1, 0.15) is 28.3 Å². The van der Waals surface area contributed by atoms with Gasteiger partial charge >= 0.3 is 6.18 Å². The summed E-state index contributed by atoms with van der Waals surface area (Å²) in [5.74, 6) is -0.770. The molecule has 0 bridgehead atoms. The van der Waals surface area contributed by atoms with E-state index in [4.69, 9.17) is 5.73 Å². The quantitative estimate of drug-likeness (QED) is 0.856. The van der Waals surface area contributed by atoms with Crippen LogP contribution in [0.4, 0.5) is 17.6 Å². The van der Waals surface area contributed by atoms with E-state index in [1.807, 2.05) is 0 Å². The topological polar surface area (TPSA) is 38.9 Å². The van der Waals surface area contributed by atoms with Crippen LogP contribution in [0, 0.1) is 12.7 Å². The lowest BCUT2D eigenvalue weighted by Crippen LogP contribution is -2.17. The first-order valence-corrected chi connectivity index (χ1v) is 5.83. The Morgan fingerprint density at radius 1 is 1.15 bits per heavy atom. The standard InChI is InChI=1S/C14H12F4N2/c1-8-4-5-20-7-11(8)13(19)10-6-9(14(16,17)18)2-3-12(10)15/h2-7,13H,19H2,1H3. The first kappa shape index (κ1) is 14.5. The van der Waals surface area contributed by atoms with Crippen molar-refractivity contribution in [1.29, 1.82) is 0 Å². The molecule has 1 aromatic carbocycles. The van der Waals surface area contributed by atoms with Gasteiger partial charge in [-0.25, -0.2) is 4.39 Å². The molecule has 0 spiro atoms. The summed E-state index contributed by atoms with van der Waals surface area (Å²) in [6, 6.07) is 2.89. The second-order valence-electron chi connectivity index (χ2n) is 4.44. The average Bonchev–Trinajstić information content (AvgIpc) is 2.37. The van der Waals surface area contributed by atoms with E-state index in [2.05, 4.69) is 4.98 Å². The predicted octanol–water partition coefficient (Wildman–Crippen LogP) is 3.60. The van der Waals surface area contributed by atoms with E-state index < -0.39 is 23.6 Å². The molecule has 1 heterocycles. The molecule has 1 atom stereocenters. The lowest BCUT2D eigenvalue weighted by atomic mass is 9.95. The minimum atomic E-state index is -4.54. The maximum absolute atomic E-state index is 13.8. The molecular formula is C14H12F4N2. The Labute approximate surface area is 113 Å². The normalized spacial score (nSPS) is 13.3. The maximum Gasteiger partial charge on any atom is 0.416 e. The molecular weight excluding hydrogens is 272 g/mol. The summed E-state index contributed by atoms with van der Waals surface area (Å²) in [5, 5.41) is 0. The van der Waals surface area contributed by atoms with E-state index in [9.17, 15) is 17.6 Å². The molecule has 0 saturated carbocycles. The van der Waals surface area contributed by atoms with E-state index >= 15 is 0 Å². The second-order valence-corrected chi connectivity index (χ2v) is 4.44. The van der Waals surface area contributed by atoms with E-state index in [1.165, 1.54) is 12.4 Å². The molecule has 0 fully saturated rings. The first-order valence-electron chi connectivity index (χ1n) is 5.83. The minimum Gasteiger partial charge on any atom is -0.320 e. The Bertz CT molecular complexity index is 623. The first-order chi connectivity index (χ1) is 9.30. The van der Waals surface area contributed by atoms with Crippen LogP contribution in [0.2, 0.25) is 0 Å². The highest BCUT2D eigenvalue weighted by Crippen LogP contribution is 2.33. The number of rotatable bonds is 2. The molecule has 0 aliphatic rings. The van der Waals surface area contributed by atoms with E-state index in [-0.39, 0.29) is 5.56 Å². The molecule has 2 rings (SSSR count). The van der Waals surface area contributed by atoms with Gasteiger partial charge in [0, 0.05) is 18.0 Å². The van der Waals surface area contributed by atoms with Crippen LogP contribution >= 0.6 is 0 Å². The zero-order valence-electron chi connectivity index (χ0n) is 10.6. The van der Waals surface area contributed by atoms with Gasteiger partial charge in [-0.15, -0.1) is 0 Å². The fraction of sp³-hybridized carbons (Fsp3) is 0.214.